The molecule has 0 aromatic rings. The first-order valence-corrected chi connectivity index (χ1v) is 11.2. The minimum atomic E-state index is -0.0294. The number of ether oxygens (including phenoxy) is 2. The molecule has 5 fully saturated rings. The monoisotopic (exact) mass is 375 g/mol. The van der Waals surface area contributed by atoms with Crippen LogP contribution in [-0.2, 0) is 19.1 Å². The Labute approximate surface area is 162 Å². The van der Waals surface area contributed by atoms with Gasteiger partial charge in [0, 0.05) is 23.9 Å². The van der Waals surface area contributed by atoms with Gasteiger partial charge in [-0.1, -0.05) is 27.2 Å². The molecule has 0 spiro atoms. The number of hydrogen-bond acceptors (Lipinski definition) is 5. The molecule has 5 rings (SSSR count). The molecule has 4 aliphatic heterocycles. The van der Waals surface area contributed by atoms with Crippen molar-refractivity contribution in [2.75, 3.05) is 6.54 Å². The van der Waals surface area contributed by atoms with Crippen molar-refractivity contribution in [3.05, 3.63) is 0 Å². The van der Waals surface area contributed by atoms with Crippen molar-refractivity contribution in [1.82, 2.24) is 4.90 Å². The van der Waals surface area contributed by atoms with E-state index in [2.05, 4.69) is 18.7 Å². The fourth-order valence-electron chi connectivity index (χ4n) is 7.48. The van der Waals surface area contributed by atoms with E-state index >= 15 is 0 Å². The largest absolute Gasteiger partial charge is 0.462 e. The number of carbonyl (C=O) groups is 2. The molecule has 150 valence electrons. The number of fused-ring (bicyclic) bond motifs is 2. The second-order valence-corrected chi connectivity index (χ2v) is 9.81. The minimum Gasteiger partial charge on any atom is -0.462 e. The van der Waals surface area contributed by atoms with Crippen LogP contribution in [0.3, 0.4) is 0 Å². The van der Waals surface area contributed by atoms with Gasteiger partial charge in [0.1, 0.15) is 12.2 Å². The quantitative estimate of drug-likeness (QED) is 0.695. The van der Waals surface area contributed by atoms with Crippen LogP contribution in [0.25, 0.3) is 0 Å². The average Bonchev–Trinajstić information content (AvgIpc) is 3.20. The lowest BCUT2D eigenvalue weighted by molar-refractivity contribution is -0.148. The Kier molecular flexibility index (Phi) is 4.30. The first-order valence-electron chi connectivity index (χ1n) is 11.2. The Morgan fingerprint density at radius 2 is 1.85 bits per heavy atom. The summed E-state index contributed by atoms with van der Waals surface area (Å²) in [6.07, 6.45) is 6.87. The summed E-state index contributed by atoms with van der Waals surface area (Å²) >= 11 is 0. The van der Waals surface area contributed by atoms with Crippen molar-refractivity contribution < 1.29 is 19.1 Å². The summed E-state index contributed by atoms with van der Waals surface area (Å²) < 4.78 is 11.8. The van der Waals surface area contributed by atoms with Crippen LogP contribution in [0.1, 0.15) is 59.3 Å². The Morgan fingerprint density at radius 3 is 2.56 bits per heavy atom. The van der Waals surface area contributed by atoms with Crippen LogP contribution in [0.5, 0.6) is 0 Å². The van der Waals surface area contributed by atoms with Crippen LogP contribution < -0.4 is 0 Å². The van der Waals surface area contributed by atoms with E-state index in [0.29, 0.717) is 35.8 Å². The van der Waals surface area contributed by atoms with Gasteiger partial charge in [0.15, 0.2) is 0 Å². The zero-order valence-electron chi connectivity index (χ0n) is 16.8. The standard InChI is InChI=1S/C22H33NO4/c1-4-13-14-7-5-6-8-23-16(17-9-11(2)21(24)26-17)10-15(19(14)23)18-12(3)22(25)27-20(13)18/h11-20H,4-10H2,1-3H3/t11-,12-,13+,14-,15-,16-,17-,18-,19-,20-/m0/s1. The number of rotatable bonds is 2. The summed E-state index contributed by atoms with van der Waals surface area (Å²) in [6.45, 7) is 7.44. The van der Waals surface area contributed by atoms with E-state index in [-0.39, 0.29) is 36.0 Å². The molecule has 1 saturated carbocycles. The third-order valence-corrected chi connectivity index (χ3v) is 8.61. The van der Waals surface area contributed by atoms with Crippen molar-refractivity contribution in [2.45, 2.75) is 83.6 Å². The third kappa shape index (κ3) is 2.53. The Bertz CT molecular complexity index is 636. The second kappa shape index (κ2) is 6.47. The fourth-order valence-corrected chi connectivity index (χ4v) is 7.48. The summed E-state index contributed by atoms with van der Waals surface area (Å²) in [4.78, 5) is 27.3. The number of nitrogens with zero attached hydrogens (tertiary/aromatic N) is 1. The molecule has 0 radical (unpaired) electrons. The van der Waals surface area contributed by atoms with Gasteiger partial charge in [0.05, 0.1) is 11.8 Å². The Morgan fingerprint density at radius 1 is 1.04 bits per heavy atom. The van der Waals surface area contributed by atoms with E-state index in [1.807, 2.05) is 6.92 Å². The van der Waals surface area contributed by atoms with Crippen LogP contribution >= 0.6 is 0 Å². The van der Waals surface area contributed by atoms with Gasteiger partial charge < -0.3 is 9.47 Å². The van der Waals surface area contributed by atoms with Gasteiger partial charge in [0.25, 0.3) is 0 Å². The molecule has 1 aliphatic carbocycles. The van der Waals surface area contributed by atoms with E-state index in [4.69, 9.17) is 9.47 Å². The highest BCUT2D eigenvalue weighted by Gasteiger charge is 2.63. The molecule has 5 heteroatoms. The summed E-state index contributed by atoms with van der Waals surface area (Å²) in [5.74, 6) is 1.94. The molecule has 10 atom stereocenters. The fraction of sp³-hybridized carbons (Fsp3) is 0.909. The average molecular weight is 376 g/mol. The zero-order chi connectivity index (χ0) is 18.9. The first-order chi connectivity index (χ1) is 13.0. The number of carbonyl (C=O) groups excluding carboxylic acids is 2. The van der Waals surface area contributed by atoms with Crippen molar-refractivity contribution in [1.29, 1.82) is 0 Å². The van der Waals surface area contributed by atoms with Gasteiger partial charge in [0.2, 0.25) is 0 Å². The SMILES string of the molecule is CC[C@@H]1[C@@H]2CCCCN3[C@@H]2[C@@H](C[C@H]3[C@@H]2C[C@H](C)C(=O)O2)[C@H]2[C@H]1OC(=O)[C@H]2C. The van der Waals surface area contributed by atoms with Gasteiger partial charge in [-0.3, -0.25) is 14.5 Å². The molecule has 0 unspecified atom stereocenters. The maximum atomic E-state index is 12.5. The topological polar surface area (TPSA) is 55.8 Å². The molecule has 0 bridgehead atoms. The van der Waals surface area contributed by atoms with E-state index < -0.39 is 0 Å². The number of esters is 2. The lowest BCUT2D eigenvalue weighted by atomic mass is 9.60. The van der Waals surface area contributed by atoms with Gasteiger partial charge in [-0.2, -0.15) is 0 Å². The van der Waals surface area contributed by atoms with E-state index in [1.54, 1.807) is 0 Å². The van der Waals surface area contributed by atoms with Crippen molar-refractivity contribution in [2.24, 2.45) is 35.5 Å². The molecule has 0 N–H and O–H groups in total. The van der Waals surface area contributed by atoms with E-state index in [9.17, 15) is 9.59 Å². The van der Waals surface area contributed by atoms with Gasteiger partial charge in [-0.05, 0) is 50.5 Å². The van der Waals surface area contributed by atoms with Gasteiger partial charge in [-0.15, -0.1) is 0 Å². The Balaban J connectivity index is 1.51. The molecular weight excluding hydrogens is 342 g/mol. The van der Waals surface area contributed by atoms with Gasteiger partial charge in [-0.25, -0.2) is 0 Å². The van der Waals surface area contributed by atoms with Crippen molar-refractivity contribution >= 4 is 11.9 Å². The Hall–Kier alpha value is -1.10. The summed E-state index contributed by atoms with van der Waals surface area (Å²) in [5.41, 5.74) is 0. The van der Waals surface area contributed by atoms with Crippen LogP contribution in [-0.4, -0.2) is 47.7 Å². The zero-order valence-corrected chi connectivity index (χ0v) is 16.8. The highest BCUT2D eigenvalue weighted by Crippen LogP contribution is 2.57. The van der Waals surface area contributed by atoms with Gasteiger partial charge >= 0.3 is 11.9 Å². The first kappa shape index (κ1) is 18.0. The van der Waals surface area contributed by atoms with Crippen LogP contribution in [0.15, 0.2) is 0 Å². The summed E-state index contributed by atoms with van der Waals surface area (Å²) in [6, 6.07) is 0.865. The number of cyclic esters (lactones) is 1. The second-order valence-electron chi connectivity index (χ2n) is 9.81. The molecule has 27 heavy (non-hydrogen) atoms. The highest BCUT2D eigenvalue weighted by atomic mass is 16.6. The molecule has 4 saturated heterocycles. The predicted octanol–water partition coefficient (Wildman–Crippen LogP) is 3.01. The predicted molar refractivity (Wildman–Crippen MR) is 99.7 cm³/mol. The maximum Gasteiger partial charge on any atom is 0.309 e. The summed E-state index contributed by atoms with van der Waals surface area (Å²) in [7, 11) is 0. The third-order valence-electron chi connectivity index (χ3n) is 8.61. The minimum absolute atomic E-state index is 0.00362. The molecular formula is C22H33NO4. The highest BCUT2D eigenvalue weighted by molar-refractivity contribution is 5.75. The van der Waals surface area contributed by atoms with E-state index in [0.717, 1.165) is 25.8 Å². The normalized spacial score (nSPS) is 52.1. The lowest BCUT2D eigenvalue weighted by Gasteiger charge is -2.48. The molecule has 0 aromatic carbocycles. The van der Waals surface area contributed by atoms with Crippen LogP contribution in [0.4, 0.5) is 0 Å². The van der Waals surface area contributed by atoms with Crippen molar-refractivity contribution in [3.63, 3.8) is 0 Å². The maximum absolute atomic E-state index is 12.5. The molecule has 0 amide bonds. The van der Waals surface area contributed by atoms with Crippen molar-refractivity contribution in [3.8, 4) is 0 Å². The van der Waals surface area contributed by atoms with Crippen LogP contribution in [0, 0.1) is 35.5 Å². The summed E-state index contributed by atoms with van der Waals surface area (Å²) in [5, 5.41) is 0. The molecule has 5 aliphatic rings. The van der Waals surface area contributed by atoms with E-state index in [1.165, 1.54) is 19.3 Å². The smallest absolute Gasteiger partial charge is 0.309 e. The molecule has 5 nitrogen and oxygen atoms in total. The molecule has 4 heterocycles. The molecule has 0 aromatic heterocycles. The lowest BCUT2D eigenvalue weighted by Crippen LogP contribution is -2.54. The van der Waals surface area contributed by atoms with Crippen LogP contribution in [0.2, 0.25) is 0 Å². The number of hydrogen-bond donors (Lipinski definition) is 0.